The van der Waals surface area contributed by atoms with Gasteiger partial charge in [-0.2, -0.15) is 0 Å². The smallest absolute Gasteiger partial charge is 0.146 e. The maximum atomic E-state index is 6.22. The van der Waals surface area contributed by atoms with Crippen LogP contribution in [0.4, 0.5) is 0 Å². The zero-order valence-electron chi connectivity index (χ0n) is 14.4. The molecule has 0 saturated carbocycles. The first kappa shape index (κ1) is 14.2. The van der Waals surface area contributed by atoms with Crippen molar-refractivity contribution in [3.05, 3.63) is 59.9 Å². The number of hydrogen-bond acceptors (Lipinski definition) is 3. The maximum absolute atomic E-state index is 6.22. The fourth-order valence-corrected chi connectivity index (χ4v) is 3.61. The molecule has 0 aliphatic rings. The third-order valence-electron chi connectivity index (χ3n) is 4.88. The summed E-state index contributed by atoms with van der Waals surface area (Å²) in [5.41, 5.74) is 6.97. The lowest BCUT2D eigenvalue weighted by molar-refractivity contribution is 0.669. The van der Waals surface area contributed by atoms with Gasteiger partial charge in [0.15, 0.2) is 0 Å². The molecule has 0 fully saturated rings. The molecule has 25 heavy (non-hydrogen) atoms. The van der Waals surface area contributed by atoms with Crippen LogP contribution < -0.4 is 0 Å². The summed E-state index contributed by atoms with van der Waals surface area (Å²) in [6.45, 7) is 4.12. The van der Waals surface area contributed by atoms with E-state index in [0.29, 0.717) is 0 Å². The van der Waals surface area contributed by atoms with Gasteiger partial charge in [0.05, 0.1) is 17.3 Å². The topological polar surface area (TPSA) is 43.9 Å². The van der Waals surface area contributed by atoms with Crippen LogP contribution in [0.15, 0.2) is 53.1 Å². The summed E-state index contributed by atoms with van der Waals surface area (Å²) in [6, 6.07) is 14.5. The highest BCUT2D eigenvalue weighted by molar-refractivity contribution is 6.11. The normalized spacial score (nSPS) is 11.8. The quantitative estimate of drug-likeness (QED) is 0.427. The second-order valence-electron chi connectivity index (χ2n) is 6.54. The molecule has 0 bridgehead atoms. The molecule has 0 saturated heterocycles. The number of rotatable bonds is 1. The van der Waals surface area contributed by atoms with E-state index in [1.165, 1.54) is 5.56 Å². The largest absolute Gasteiger partial charge is 0.455 e. The standard InChI is InChI=1S/C21H17N3O/c1-12-8-9-15(20-19(12)14-6-4-5-7-18(14)25-20)21-23-16-11-22-13(2)10-17(16)24(21)3/h4-11H,1-3H3. The van der Waals surface area contributed by atoms with Crippen molar-refractivity contribution >= 4 is 33.0 Å². The highest BCUT2D eigenvalue weighted by Crippen LogP contribution is 2.37. The SMILES string of the molecule is Cc1cc2c(cn1)nc(-c1ccc(C)c3c1oc1ccccc13)n2C. The summed E-state index contributed by atoms with van der Waals surface area (Å²) in [5.74, 6) is 0.895. The average Bonchev–Trinajstić information content (AvgIpc) is 3.15. The number of furan rings is 1. The Morgan fingerprint density at radius 2 is 1.88 bits per heavy atom. The molecule has 3 aromatic heterocycles. The molecule has 0 amide bonds. The van der Waals surface area contributed by atoms with Gasteiger partial charge < -0.3 is 8.98 Å². The van der Waals surface area contributed by atoms with Crippen LogP contribution in [0.25, 0.3) is 44.4 Å². The molecule has 3 heterocycles. The van der Waals surface area contributed by atoms with Gasteiger partial charge in [-0.25, -0.2) is 4.98 Å². The molecule has 0 unspecified atom stereocenters. The molecule has 0 atom stereocenters. The number of aromatic nitrogens is 3. The summed E-state index contributed by atoms with van der Waals surface area (Å²) in [4.78, 5) is 9.18. The highest BCUT2D eigenvalue weighted by Gasteiger charge is 2.18. The first-order chi connectivity index (χ1) is 12.1. The predicted octanol–water partition coefficient (Wildman–Crippen LogP) is 5.15. The number of nitrogens with zero attached hydrogens (tertiary/aromatic N) is 3. The van der Waals surface area contributed by atoms with Crippen molar-refractivity contribution in [2.75, 3.05) is 0 Å². The Kier molecular flexibility index (Phi) is 2.80. The molecule has 0 radical (unpaired) electrons. The Bertz CT molecular complexity index is 1280. The molecule has 0 N–H and O–H groups in total. The van der Waals surface area contributed by atoms with Crippen molar-refractivity contribution in [3.63, 3.8) is 0 Å². The van der Waals surface area contributed by atoms with E-state index >= 15 is 0 Å². The fourth-order valence-electron chi connectivity index (χ4n) is 3.61. The zero-order valence-corrected chi connectivity index (χ0v) is 14.4. The molecule has 0 aliphatic heterocycles. The number of benzene rings is 2. The van der Waals surface area contributed by atoms with Crippen molar-refractivity contribution in [1.82, 2.24) is 14.5 Å². The molecule has 0 aliphatic carbocycles. The molecule has 5 aromatic rings. The van der Waals surface area contributed by atoms with Gasteiger partial charge in [0.25, 0.3) is 0 Å². The van der Waals surface area contributed by atoms with Crippen LogP contribution in [0.3, 0.4) is 0 Å². The van der Waals surface area contributed by atoms with Gasteiger partial charge >= 0.3 is 0 Å². The molecular formula is C21H17N3O. The Morgan fingerprint density at radius 1 is 1.04 bits per heavy atom. The Labute approximate surface area is 144 Å². The number of hydrogen-bond donors (Lipinski definition) is 0. The van der Waals surface area contributed by atoms with Crippen LogP contribution in [0.5, 0.6) is 0 Å². The molecule has 0 spiro atoms. The van der Waals surface area contributed by atoms with Crippen molar-refractivity contribution < 1.29 is 4.42 Å². The number of imidazole rings is 1. The van der Waals surface area contributed by atoms with E-state index in [2.05, 4.69) is 40.7 Å². The number of pyridine rings is 1. The molecule has 2 aromatic carbocycles. The predicted molar refractivity (Wildman–Crippen MR) is 101 cm³/mol. The van der Waals surface area contributed by atoms with Crippen molar-refractivity contribution in [2.24, 2.45) is 7.05 Å². The van der Waals surface area contributed by atoms with Crippen LogP contribution in [0, 0.1) is 13.8 Å². The lowest BCUT2D eigenvalue weighted by Crippen LogP contribution is -1.93. The van der Waals surface area contributed by atoms with E-state index in [4.69, 9.17) is 9.40 Å². The summed E-state index contributed by atoms with van der Waals surface area (Å²) in [5, 5.41) is 2.31. The number of para-hydroxylation sites is 1. The Balaban J connectivity index is 1.90. The van der Waals surface area contributed by atoms with Crippen LogP contribution in [0.2, 0.25) is 0 Å². The van der Waals surface area contributed by atoms with Gasteiger partial charge in [0.2, 0.25) is 0 Å². The van der Waals surface area contributed by atoms with E-state index in [9.17, 15) is 0 Å². The number of fused-ring (bicyclic) bond motifs is 4. The van der Waals surface area contributed by atoms with E-state index in [1.54, 1.807) is 0 Å². The second-order valence-corrected chi connectivity index (χ2v) is 6.54. The van der Waals surface area contributed by atoms with Crippen LogP contribution in [-0.4, -0.2) is 14.5 Å². The van der Waals surface area contributed by atoms with E-state index < -0.39 is 0 Å². The lowest BCUT2D eigenvalue weighted by Gasteiger charge is -2.05. The van der Waals surface area contributed by atoms with Crippen molar-refractivity contribution in [1.29, 1.82) is 0 Å². The minimum atomic E-state index is 0.893. The van der Waals surface area contributed by atoms with Crippen molar-refractivity contribution in [3.8, 4) is 11.4 Å². The summed E-state index contributed by atoms with van der Waals surface area (Å²) in [7, 11) is 2.04. The molecule has 122 valence electrons. The van der Waals surface area contributed by atoms with Gasteiger partial charge in [-0.1, -0.05) is 24.3 Å². The molecule has 4 nitrogen and oxygen atoms in total. The van der Waals surface area contributed by atoms with E-state index in [1.807, 2.05) is 38.4 Å². The van der Waals surface area contributed by atoms with E-state index in [0.717, 1.165) is 50.1 Å². The minimum absolute atomic E-state index is 0.893. The molecule has 4 heteroatoms. The zero-order chi connectivity index (χ0) is 17.1. The van der Waals surface area contributed by atoms with Crippen LogP contribution in [-0.2, 0) is 7.05 Å². The Hall–Kier alpha value is -3.14. The fraction of sp³-hybridized carbons (Fsp3) is 0.143. The van der Waals surface area contributed by atoms with Gasteiger partial charge in [0, 0.05) is 23.5 Å². The summed E-state index contributed by atoms with van der Waals surface area (Å²) < 4.78 is 8.34. The van der Waals surface area contributed by atoms with Gasteiger partial charge in [-0.15, -0.1) is 0 Å². The van der Waals surface area contributed by atoms with Gasteiger partial charge in [-0.3, -0.25) is 4.98 Å². The average molecular weight is 327 g/mol. The van der Waals surface area contributed by atoms with Crippen LogP contribution in [0.1, 0.15) is 11.3 Å². The van der Waals surface area contributed by atoms with Gasteiger partial charge in [0.1, 0.15) is 22.5 Å². The van der Waals surface area contributed by atoms with Crippen LogP contribution >= 0.6 is 0 Å². The Morgan fingerprint density at radius 3 is 2.76 bits per heavy atom. The second kappa shape index (κ2) is 4.93. The third-order valence-corrected chi connectivity index (χ3v) is 4.88. The minimum Gasteiger partial charge on any atom is -0.455 e. The first-order valence-corrected chi connectivity index (χ1v) is 8.34. The van der Waals surface area contributed by atoms with Crippen molar-refractivity contribution in [2.45, 2.75) is 13.8 Å². The molecular weight excluding hydrogens is 310 g/mol. The number of aryl methyl sites for hydroxylation is 3. The first-order valence-electron chi connectivity index (χ1n) is 8.34. The summed E-state index contributed by atoms with van der Waals surface area (Å²) in [6.07, 6.45) is 1.83. The van der Waals surface area contributed by atoms with Gasteiger partial charge in [-0.05, 0) is 37.6 Å². The lowest BCUT2D eigenvalue weighted by atomic mass is 10.0. The third kappa shape index (κ3) is 1.94. The highest BCUT2D eigenvalue weighted by atomic mass is 16.3. The monoisotopic (exact) mass is 327 g/mol. The van der Waals surface area contributed by atoms with E-state index in [-0.39, 0.29) is 0 Å². The maximum Gasteiger partial charge on any atom is 0.146 e. The summed E-state index contributed by atoms with van der Waals surface area (Å²) >= 11 is 0. The molecule has 5 rings (SSSR count).